The Kier molecular flexibility index (Phi) is 7.49. The first-order chi connectivity index (χ1) is 8.24. The van der Waals surface area contributed by atoms with E-state index in [2.05, 4.69) is 48.6 Å². The van der Waals surface area contributed by atoms with E-state index in [9.17, 15) is 0 Å². The summed E-state index contributed by atoms with van der Waals surface area (Å²) < 4.78 is 0. The van der Waals surface area contributed by atoms with Crippen molar-refractivity contribution < 1.29 is 0 Å². The molecule has 1 unspecified atom stereocenters. The maximum absolute atomic E-state index is 3.38. The number of hydrogen-bond acceptors (Lipinski definition) is 3. The average molecular weight is 254 g/mol. The van der Waals surface area contributed by atoms with Crippen LogP contribution in [-0.2, 0) is 6.42 Å². The summed E-state index contributed by atoms with van der Waals surface area (Å²) in [5.41, 5.74) is 0. The zero-order valence-electron chi connectivity index (χ0n) is 11.4. The predicted molar refractivity (Wildman–Crippen MR) is 77.9 cm³/mol. The van der Waals surface area contributed by atoms with Crippen LogP contribution in [0.15, 0.2) is 17.5 Å². The maximum Gasteiger partial charge on any atom is 0.00644 e. The first-order valence-corrected chi connectivity index (χ1v) is 7.55. The van der Waals surface area contributed by atoms with Crippen molar-refractivity contribution in [3.8, 4) is 0 Å². The summed E-state index contributed by atoms with van der Waals surface area (Å²) in [4.78, 5) is 3.97. The summed E-state index contributed by atoms with van der Waals surface area (Å²) in [6.07, 6.45) is 3.75. The average Bonchev–Trinajstić information content (AvgIpc) is 2.84. The second-order valence-corrected chi connectivity index (χ2v) is 5.69. The predicted octanol–water partition coefficient (Wildman–Crippen LogP) is 3.00. The number of nitrogens with zero attached hydrogens (tertiary/aromatic N) is 1. The molecule has 2 nitrogen and oxygen atoms in total. The molecule has 3 heteroatoms. The largest absolute Gasteiger partial charge is 0.317 e. The van der Waals surface area contributed by atoms with Gasteiger partial charge in [-0.25, -0.2) is 0 Å². The molecule has 0 amide bonds. The van der Waals surface area contributed by atoms with Gasteiger partial charge in [-0.2, -0.15) is 0 Å². The zero-order chi connectivity index (χ0) is 12.5. The van der Waals surface area contributed by atoms with Crippen LogP contribution in [0.1, 0.15) is 31.6 Å². The van der Waals surface area contributed by atoms with Crippen molar-refractivity contribution in [2.45, 2.75) is 39.2 Å². The van der Waals surface area contributed by atoms with Gasteiger partial charge >= 0.3 is 0 Å². The van der Waals surface area contributed by atoms with Crippen LogP contribution in [0, 0.1) is 0 Å². The Morgan fingerprint density at radius 1 is 1.47 bits per heavy atom. The molecule has 0 aliphatic rings. The summed E-state index contributed by atoms with van der Waals surface area (Å²) in [6, 6.07) is 5.06. The van der Waals surface area contributed by atoms with Gasteiger partial charge in [0.1, 0.15) is 0 Å². The molecule has 0 saturated carbocycles. The molecule has 0 spiro atoms. The highest BCUT2D eigenvalue weighted by atomic mass is 32.1. The highest BCUT2D eigenvalue weighted by Crippen LogP contribution is 2.11. The van der Waals surface area contributed by atoms with Crippen molar-refractivity contribution in [3.63, 3.8) is 0 Å². The van der Waals surface area contributed by atoms with Gasteiger partial charge < -0.3 is 10.2 Å². The van der Waals surface area contributed by atoms with Crippen LogP contribution in [0.3, 0.4) is 0 Å². The lowest BCUT2D eigenvalue weighted by Gasteiger charge is -2.24. The molecular weight excluding hydrogens is 228 g/mol. The second-order valence-electron chi connectivity index (χ2n) is 4.65. The normalized spacial score (nSPS) is 13.2. The molecule has 0 aliphatic heterocycles. The fourth-order valence-electron chi connectivity index (χ4n) is 1.88. The van der Waals surface area contributed by atoms with Gasteiger partial charge in [-0.3, -0.25) is 0 Å². The quantitative estimate of drug-likeness (QED) is 0.682. The monoisotopic (exact) mass is 254 g/mol. The molecule has 1 rings (SSSR count). The third-order valence-electron chi connectivity index (χ3n) is 3.27. The van der Waals surface area contributed by atoms with Crippen LogP contribution >= 0.6 is 11.3 Å². The minimum Gasteiger partial charge on any atom is -0.317 e. The lowest BCUT2D eigenvalue weighted by atomic mass is 10.1. The van der Waals surface area contributed by atoms with Crippen molar-refractivity contribution in [1.82, 2.24) is 10.2 Å². The number of nitrogens with one attached hydrogen (secondary N) is 1. The highest BCUT2D eigenvalue weighted by molar-refractivity contribution is 7.09. The Bertz CT molecular complexity index is 272. The second kappa shape index (κ2) is 8.67. The molecule has 17 heavy (non-hydrogen) atoms. The Morgan fingerprint density at radius 3 is 2.94 bits per heavy atom. The molecule has 0 bridgehead atoms. The molecule has 0 fully saturated rings. The van der Waals surface area contributed by atoms with Crippen LogP contribution in [0.4, 0.5) is 0 Å². The zero-order valence-corrected chi connectivity index (χ0v) is 12.2. The van der Waals surface area contributed by atoms with Gasteiger partial charge in [0.25, 0.3) is 0 Å². The van der Waals surface area contributed by atoms with E-state index in [-0.39, 0.29) is 0 Å². The van der Waals surface area contributed by atoms with E-state index in [1.165, 1.54) is 30.7 Å². The summed E-state index contributed by atoms with van der Waals surface area (Å²) in [6.45, 7) is 7.90. The Hall–Kier alpha value is -0.380. The standard InChI is InChI=1S/C14H26N2S/c1-4-15-10-5-7-13(2)16(3)11-9-14-8-6-12-17-14/h6,8,12-13,15H,4-5,7,9-11H2,1-3H3. The topological polar surface area (TPSA) is 15.3 Å². The molecule has 1 aromatic rings. The van der Waals surface area contributed by atoms with Gasteiger partial charge in [0.05, 0.1) is 0 Å². The number of rotatable bonds is 9. The number of hydrogen-bond donors (Lipinski definition) is 1. The minimum atomic E-state index is 0.689. The molecule has 1 atom stereocenters. The molecule has 0 aromatic carbocycles. The minimum absolute atomic E-state index is 0.689. The molecule has 0 radical (unpaired) electrons. The third kappa shape index (κ3) is 6.20. The Morgan fingerprint density at radius 2 is 2.29 bits per heavy atom. The number of likely N-dealkylation sites (N-methyl/N-ethyl adjacent to an activating group) is 1. The van der Waals surface area contributed by atoms with Crippen LogP contribution in [0.2, 0.25) is 0 Å². The van der Waals surface area contributed by atoms with Crippen LogP contribution in [-0.4, -0.2) is 37.6 Å². The fraction of sp³-hybridized carbons (Fsp3) is 0.714. The SMILES string of the molecule is CCNCCCC(C)N(C)CCc1cccs1. The van der Waals surface area contributed by atoms with Crippen molar-refractivity contribution in [2.75, 3.05) is 26.7 Å². The van der Waals surface area contributed by atoms with E-state index in [0.717, 1.165) is 13.1 Å². The molecule has 1 heterocycles. The van der Waals surface area contributed by atoms with Gasteiger partial charge in [-0.05, 0) is 57.8 Å². The van der Waals surface area contributed by atoms with E-state index < -0.39 is 0 Å². The van der Waals surface area contributed by atoms with Gasteiger partial charge in [-0.15, -0.1) is 11.3 Å². The lowest BCUT2D eigenvalue weighted by Crippen LogP contribution is -2.31. The number of thiophene rings is 1. The first kappa shape index (κ1) is 14.7. The molecule has 1 aromatic heterocycles. The van der Waals surface area contributed by atoms with Crippen LogP contribution in [0.25, 0.3) is 0 Å². The molecule has 1 N–H and O–H groups in total. The van der Waals surface area contributed by atoms with Gasteiger partial charge in [0.2, 0.25) is 0 Å². The van der Waals surface area contributed by atoms with E-state index in [4.69, 9.17) is 0 Å². The summed E-state index contributed by atoms with van der Waals surface area (Å²) in [5, 5.41) is 5.54. The van der Waals surface area contributed by atoms with Gasteiger partial charge in [0.15, 0.2) is 0 Å². The van der Waals surface area contributed by atoms with Crippen LogP contribution < -0.4 is 5.32 Å². The molecule has 0 saturated heterocycles. The molecular formula is C14H26N2S. The van der Waals surface area contributed by atoms with Crippen molar-refractivity contribution >= 4 is 11.3 Å². The maximum atomic E-state index is 3.38. The lowest BCUT2D eigenvalue weighted by molar-refractivity contribution is 0.246. The van der Waals surface area contributed by atoms with Gasteiger partial charge in [0, 0.05) is 17.5 Å². The smallest absolute Gasteiger partial charge is 0.00644 e. The Balaban J connectivity index is 2.11. The van der Waals surface area contributed by atoms with Crippen molar-refractivity contribution in [3.05, 3.63) is 22.4 Å². The molecule has 0 aliphatic carbocycles. The summed E-state index contributed by atoms with van der Waals surface area (Å²) in [5.74, 6) is 0. The molecule has 98 valence electrons. The fourth-order valence-corrected chi connectivity index (χ4v) is 2.58. The van der Waals surface area contributed by atoms with E-state index in [1.54, 1.807) is 0 Å². The first-order valence-electron chi connectivity index (χ1n) is 6.67. The Labute approximate surface area is 110 Å². The van der Waals surface area contributed by atoms with E-state index >= 15 is 0 Å². The highest BCUT2D eigenvalue weighted by Gasteiger charge is 2.08. The van der Waals surface area contributed by atoms with Crippen LogP contribution in [0.5, 0.6) is 0 Å². The van der Waals surface area contributed by atoms with Crippen molar-refractivity contribution in [1.29, 1.82) is 0 Å². The van der Waals surface area contributed by atoms with E-state index in [1.807, 2.05) is 11.3 Å². The third-order valence-corrected chi connectivity index (χ3v) is 4.21. The van der Waals surface area contributed by atoms with Gasteiger partial charge in [-0.1, -0.05) is 13.0 Å². The summed E-state index contributed by atoms with van der Waals surface area (Å²) in [7, 11) is 2.24. The van der Waals surface area contributed by atoms with Crippen molar-refractivity contribution in [2.24, 2.45) is 0 Å². The van der Waals surface area contributed by atoms with E-state index in [0.29, 0.717) is 6.04 Å². The summed E-state index contributed by atoms with van der Waals surface area (Å²) >= 11 is 1.86.